The van der Waals surface area contributed by atoms with Crippen LogP contribution in [0.1, 0.15) is 38.8 Å². The first kappa shape index (κ1) is 10.7. The maximum Gasteiger partial charge on any atom is 0.0330 e. The van der Waals surface area contributed by atoms with Gasteiger partial charge < -0.3 is 5.32 Å². The molecule has 1 heterocycles. The smallest absolute Gasteiger partial charge is 0.0330 e. The zero-order chi connectivity index (χ0) is 9.90. The van der Waals surface area contributed by atoms with E-state index < -0.39 is 0 Å². The highest BCUT2D eigenvalue weighted by atomic mass is 32.1. The second kappa shape index (κ2) is 4.25. The van der Waals surface area contributed by atoms with Crippen LogP contribution in [0.25, 0.3) is 0 Å². The normalized spacial score (nSPS) is 14.5. The molecule has 0 aromatic carbocycles. The van der Waals surface area contributed by atoms with E-state index in [0.29, 0.717) is 11.5 Å². The maximum absolute atomic E-state index is 3.37. The van der Waals surface area contributed by atoms with Crippen LogP contribution in [-0.4, -0.2) is 7.05 Å². The summed E-state index contributed by atoms with van der Waals surface area (Å²) in [5.74, 6) is 0. The van der Waals surface area contributed by atoms with Crippen molar-refractivity contribution in [1.82, 2.24) is 5.32 Å². The van der Waals surface area contributed by atoms with Crippen LogP contribution < -0.4 is 5.32 Å². The van der Waals surface area contributed by atoms with E-state index >= 15 is 0 Å². The van der Waals surface area contributed by atoms with Crippen LogP contribution in [0.3, 0.4) is 0 Å². The Morgan fingerprint density at radius 1 is 1.46 bits per heavy atom. The van der Waals surface area contributed by atoms with Gasteiger partial charge in [0, 0.05) is 6.04 Å². The molecule has 0 saturated carbocycles. The van der Waals surface area contributed by atoms with Crippen molar-refractivity contribution in [3.8, 4) is 0 Å². The summed E-state index contributed by atoms with van der Waals surface area (Å²) in [5.41, 5.74) is 1.80. The third kappa shape index (κ3) is 3.49. The molecule has 1 N–H and O–H groups in total. The molecule has 1 aromatic rings. The predicted octanol–water partition coefficient (Wildman–Crippen LogP) is 3.44. The van der Waals surface area contributed by atoms with E-state index in [1.54, 1.807) is 11.3 Å². The van der Waals surface area contributed by atoms with Crippen molar-refractivity contribution in [2.45, 2.75) is 33.2 Å². The molecule has 1 unspecified atom stereocenters. The summed E-state index contributed by atoms with van der Waals surface area (Å²) >= 11 is 1.77. The molecule has 0 radical (unpaired) electrons. The summed E-state index contributed by atoms with van der Waals surface area (Å²) in [6.07, 6.45) is 1.18. The van der Waals surface area contributed by atoms with Crippen molar-refractivity contribution < 1.29 is 0 Å². The van der Waals surface area contributed by atoms with Crippen LogP contribution in [0.4, 0.5) is 0 Å². The van der Waals surface area contributed by atoms with E-state index in [1.165, 1.54) is 12.0 Å². The van der Waals surface area contributed by atoms with Gasteiger partial charge in [0.05, 0.1) is 0 Å². The lowest BCUT2D eigenvalue weighted by Crippen LogP contribution is -2.21. The van der Waals surface area contributed by atoms with Gasteiger partial charge in [-0.25, -0.2) is 0 Å². The molecule has 0 fully saturated rings. The van der Waals surface area contributed by atoms with Crippen molar-refractivity contribution in [2.24, 2.45) is 5.41 Å². The minimum Gasteiger partial charge on any atom is -0.313 e. The topological polar surface area (TPSA) is 12.0 Å². The fourth-order valence-electron chi connectivity index (χ4n) is 1.47. The van der Waals surface area contributed by atoms with E-state index in [4.69, 9.17) is 0 Å². The maximum atomic E-state index is 3.37. The summed E-state index contributed by atoms with van der Waals surface area (Å²) in [6.45, 7) is 6.84. The zero-order valence-electron chi connectivity index (χ0n) is 8.92. The summed E-state index contributed by atoms with van der Waals surface area (Å²) in [4.78, 5) is 0. The lowest BCUT2D eigenvalue weighted by molar-refractivity contribution is 0.321. The molecule has 0 saturated heterocycles. The average Bonchev–Trinajstić information content (AvgIpc) is 2.50. The molecule has 0 amide bonds. The van der Waals surface area contributed by atoms with Gasteiger partial charge in [-0.2, -0.15) is 11.3 Å². The van der Waals surface area contributed by atoms with Crippen LogP contribution in [0.15, 0.2) is 16.8 Å². The van der Waals surface area contributed by atoms with E-state index in [9.17, 15) is 0 Å². The monoisotopic (exact) mass is 197 g/mol. The standard InChI is InChI=1S/C11H19NS/c1-11(2,3)7-10(12-4)9-5-6-13-8-9/h5-6,8,10,12H,7H2,1-4H3. The van der Waals surface area contributed by atoms with Gasteiger partial charge in [0.2, 0.25) is 0 Å². The average molecular weight is 197 g/mol. The van der Waals surface area contributed by atoms with Crippen molar-refractivity contribution >= 4 is 11.3 Å². The first-order valence-corrected chi connectivity index (χ1v) is 5.66. The largest absolute Gasteiger partial charge is 0.313 e. The molecular formula is C11H19NS. The lowest BCUT2D eigenvalue weighted by atomic mass is 9.86. The van der Waals surface area contributed by atoms with Gasteiger partial charge in [0.15, 0.2) is 0 Å². The van der Waals surface area contributed by atoms with E-state index in [0.717, 1.165) is 0 Å². The molecule has 74 valence electrons. The van der Waals surface area contributed by atoms with Crippen molar-refractivity contribution in [2.75, 3.05) is 7.05 Å². The molecule has 13 heavy (non-hydrogen) atoms. The molecule has 1 nitrogen and oxygen atoms in total. The van der Waals surface area contributed by atoms with E-state index in [-0.39, 0.29) is 0 Å². The molecule has 0 spiro atoms. The molecule has 1 aromatic heterocycles. The van der Waals surface area contributed by atoms with Crippen molar-refractivity contribution in [3.63, 3.8) is 0 Å². The van der Waals surface area contributed by atoms with Crippen molar-refractivity contribution in [1.29, 1.82) is 0 Å². The van der Waals surface area contributed by atoms with E-state index in [1.807, 2.05) is 7.05 Å². The Hall–Kier alpha value is -0.340. The van der Waals surface area contributed by atoms with Crippen molar-refractivity contribution in [3.05, 3.63) is 22.4 Å². The Morgan fingerprint density at radius 2 is 2.15 bits per heavy atom. The summed E-state index contributed by atoms with van der Waals surface area (Å²) in [6, 6.07) is 2.71. The molecular weight excluding hydrogens is 178 g/mol. The van der Waals surface area contributed by atoms with Gasteiger partial charge in [-0.3, -0.25) is 0 Å². The number of thiophene rings is 1. The SMILES string of the molecule is CNC(CC(C)(C)C)c1ccsc1. The van der Waals surface area contributed by atoms with Crippen LogP contribution in [0.2, 0.25) is 0 Å². The number of hydrogen-bond acceptors (Lipinski definition) is 2. The molecule has 0 aliphatic carbocycles. The number of rotatable bonds is 3. The van der Waals surface area contributed by atoms with Gasteiger partial charge in [-0.15, -0.1) is 0 Å². The minimum atomic E-state index is 0.385. The highest BCUT2D eigenvalue weighted by Crippen LogP contribution is 2.29. The van der Waals surface area contributed by atoms with Gasteiger partial charge in [0.25, 0.3) is 0 Å². The summed E-state index contributed by atoms with van der Waals surface area (Å²) in [5, 5.41) is 7.74. The highest BCUT2D eigenvalue weighted by Gasteiger charge is 2.18. The van der Waals surface area contributed by atoms with Gasteiger partial charge >= 0.3 is 0 Å². The second-order valence-corrected chi connectivity index (χ2v) is 5.44. The summed E-state index contributed by atoms with van der Waals surface area (Å²) < 4.78 is 0. The summed E-state index contributed by atoms with van der Waals surface area (Å²) in [7, 11) is 2.04. The van der Waals surface area contributed by atoms with Crippen LogP contribution in [0, 0.1) is 5.41 Å². The van der Waals surface area contributed by atoms with Crippen LogP contribution in [-0.2, 0) is 0 Å². The molecule has 0 aliphatic heterocycles. The zero-order valence-corrected chi connectivity index (χ0v) is 9.74. The molecule has 1 rings (SSSR count). The number of hydrogen-bond donors (Lipinski definition) is 1. The van der Waals surface area contributed by atoms with Gasteiger partial charge in [0.1, 0.15) is 0 Å². The van der Waals surface area contributed by atoms with Crippen LogP contribution >= 0.6 is 11.3 Å². The Kier molecular flexibility index (Phi) is 3.51. The Morgan fingerprint density at radius 3 is 2.54 bits per heavy atom. The van der Waals surface area contributed by atoms with E-state index in [2.05, 4.69) is 42.9 Å². The Labute approximate surface area is 85.2 Å². The second-order valence-electron chi connectivity index (χ2n) is 4.66. The van der Waals surface area contributed by atoms with Crippen LogP contribution in [0.5, 0.6) is 0 Å². The van der Waals surface area contributed by atoms with Gasteiger partial charge in [-0.1, -0.05) is 20.8 Å². The first-order chi connectivity index (χ1) is 6.03. The third-order valence-electron chi connectivity index (χ3n) is 2.11. The molecule has 1 atom stereocenters. The fraction of sp³-hybridized carbons (Fsp3) is 0.636. The highest BCUT2D eigenvalue weighted by molar-refractivity contribution is 7.07. The Bertz CT molecular complexity index is 233. The number of nitrogens with one attached hydrogen (secondary N) is 1. The Balaban J connectivity index is 2.64. The molecule has 0 bridgehead atoms. The van der Waals surface area contributed by atoms with Gasteiger partial charge in [-0.05, 0) is 41.3 Å². The lowest BCUT2D eigenvalue weighted by Gasteiger charge is -2.25. The molecule has 0 aliphatic rings. The quantitative estimate of drug-likeness (QED) is 0.782. The third-order valence-corrected chi connectivity index (χ3v) is 2.81. The fourth-order valence-corrected chi connectivity index (χ4v) is 2.19. The minimum absolute atomic E-state index is 0.385. The predicted molar refractivity (Wildman–Crippen MR) is 60.2 cm³/mol. The molecule has 2 heteroatoms. The first-order valence-electron chi connectivity index (χ1n) is 4.72.